The minimum absolute atomic E-state index is 0.0292. The highest BCUT2D eigenvalue weighted by Crippen LogP contribution is 2.44. The van der Waals surface area contributed by atoms with Crippen LogP contribution in [-0.4, -0.2) is 31.3 Å². The maximum Gasteiger partial charge on any atom is 0.407 e. The van der Waals surface area contributed by atoms with E-state index in [0.29, 0.717) is 6.42 Å². The number of alkyl carbamates (subject to hydrolysis) is 1. The molecule has 0 unspecified atom stereocenters. The average molecular weight is 444 g/mol. The van der Waals surface area contributed by atoms with Crippen molar-refractivity contribution in [2.75, 3.05) is 13.2 Å². The molecule has 33 heavy (non-hydrogen) atoms. The predicted molar refractivity (Wildman–Crippen MR) is 128 cm³/mol. The molecule has 5 heteroatoms. The number of rotatable bonds is 8. The Morgan fingerprint density at radius 2 is 1.39 bits per heavy atom. The Bertz CT molecular complexity index is 1060. The quantitative estimate of drug-likeness (QED) is 0.478. The maximum atomic E-state index is 12.6. The highest BCUT2D eigenvalue weighted by atomic mass is 16.6. The van der Waals surface area contributed by atoms with Gasteiger partial charge >= 0.3 is 12.1 Å². The van der Waals surface area contributed by atoms with Crippen LogP contribution in [0, 0.1) is 5.92 Å². The molecule has 0 heterocycles. The number of esters is 1. The third kappa shape index (κ3) is 5.25. The minimum atomic E-state index is -0.767. The summed E-state index contributed by atoms with van der Waals surface area (Å²) < 4.78 is 11.0. The molecule has 0 bridgehead atoms. The van der Waals surface area contributed by atoms with Gasteiger partial charge in [0, 0.05) is 12.3 Å². The number of nitrogens with one attached hydrogen (secondary N) is 1. The normalized spacial score (nSPS) is 13.2. The number of carbonyl (C=O) groups is 2. The Kier molecular flexibility index (Phi) is 7.08. The molecular formula is C28H29NO4. The fourth-order valence-corrected chi connectivity index (χ4v) is 4.27. The summed E-state index contributed by atoms with van der Waals surface area (Å²) in [5, 5.41) is 2.70. The van der Waals surface area contributed by atoms with Gasteiger partial charge < -0.3 is 14.8 Å². The lowest BCUT2D eigenvalue weighted by Crippen LogP contribution is -2.46. The standard InChI is InChI=1S/C28H29NO4/c1-19(2)26(27(30)32-17-16-20-10-4-3-5-11-20)29-28(31)33-18-25-23-14-8-6-12-21(23)22-13-7-9-15-24(22)25/h3-15,19,25-26H,16-18H2,1-2H3,(H,29,31)/t26-/m0/s1. The van der Waals surface area contributed by atoms with Crippen molar-refractivity contribution in [2.45, 2.75) is 32.2 Å². The number of carbonyl (C=O) groups excluding carboxylic acids is 2. The number of benzene rings is 3. The summed E-state index contributed by atoms with van der Waals surface area (Å²) in [4.78, 5) is 25.2. The van der Waals surface area contributed by atoms with Crippen LogP contribution in [0.3, 0.4) is 0 Å². The Balaban J connectivity index is 1.33. The monoisotopic (exact) mass is 443 g/mol. The average Bonchev–Trinajstić information content (AvgIpc) is 3.15. The summed E-state index contributed by atoms with van der Waals surface area (Å²) in [6.45, 7) is 4.20. The van der Waals surface area contributed by atoms with Crippen molar-refractivity contribution >= 4 is 12.1 Å². The van der Waals surface area contributed by atoms with Crippen molar-refractivity contribution in [3.8, 4) is 11.1 Å². The summed E-state index contributed by atoms with van der Waals surface area (Å²) >= 11 is 0. The van der Waals surface area contributed by atoms with Crippen molar-refractivity contribution in [2.24, 2.45) is 5.92 Å². The lowest BCUT2D eigenvalue weighted by atomic mass is 9.98. The molecule has 0 aromatic heterocycles. The molecule has 3 aromatic rings. The highest BCUT2D eigenvalue weighted by Gasteiger charge is 2.30. The number of fused-ring (bicyclic) bond motifs is 3. The molecule has 0 radical (unpaired) electrons. The van der Waals surface area contributed by atoms with Crippen molar-refractivity contribution in [3.05, 3.63) is 95.6 Å². The zero-order chi connectivity index (χ0) is 23.2. The number of ether oxygens (including phenoxy) is 2. The van der Waals surface area contributed by atoms with E-state index >= 15 is 0 Å². The zero-order valence-electron chi connectivity index (χ0n) is 19.0. The SMILES string of the molecule is CC(C)[C@H](NC(=O)OCC1c2ccccc2-c2ccccc21)C(=O)OCCc1ccccc1. The van der Waals surface area contributed by atoms with Gasteiger partial charge in [0.25, 0.3) is 0 Å². The summed E-state index contributed by atoms with van der Waals surface area (Å²) in [5.74, 6) is -0.609. The van der Waals surface area contributed by atoms with Crippen LogP contribution < -0.4 is 5.32 Å². The van der Waals surface area contributed by atoms with E-state index in [2.05, 4.69) is 29.6 Å². The van der Waals surface area contributed by atoms with Crippen molar-refractivity contribution in [3.63, 3.8) is 0 Å². The fraction of sp³-hybridized carbons (Fsp3) is 0.286. The summed E-state index contributed by atoms with van der Waals surface area (Å²) in [6, 6.07) is 25.4. The molecule has 3 aromatic carbocycles. The van der Waals surface area contributed by atoms with Crippen LogP contribution in [0.15, 0.2) is 78.9 Å². The molecule has 170 valence electrons. The molecule has 0 aliphatic heterocycles. The molecular weight excluding hydrogens is 414 g/mol. The van der Waals surface area contributed by atoms with E-state index in [0.717, 1.165) is 16.7 Å². The van der Waals surface area contributed by atoms with Crippen molar-refractivity contribution < 1.29 is 19.1 Å². The van der Waals surface area contributed by atoms with Gasteiger partial charge in [0.05, 0.1) is 6.61 Å². The molecule has 0 saturated heterocycles. The van der Waals surface area contributed by atoms with E-state index in [9.17, 15) is 9.59 Å². The van der Waals surface area contributed by atoms with Crippen LogP contribution in [0.25, 0.3) is 11.1 Å². The van der Waals surface area contributed by atoms with Gasteiger partial charge in [0.15, 0.2) is 0 Å². The van der Waals surface area contributed by atoms with Gasteiger partial charge in [-0.25, -0.2) is 9.59 Å². The minimum Gasteiger partial charge on any atom is -0.464 e. The first-order chi connectivity index (χ1) is 16.0. The van der Waals surface area contributed by atoms with Crippen LogP contribution in [0.4, 0.5) is 4.79 Å². The molecule has 1 N–H and O–H groups in total. The Morgan fingerprint density at radius 3 is 2.00 bits per heavy atom. The highest BCUT2D eigenvalue weighted by molar-refractivity contribution is 5.82. The molecule has 0 spiro atoms. The summed E-state index contributed by atoms with van der Waals surface area (Å²) in [6.07, 6.45) is 0.0121. The van der Waals surface area contributed by atoms with Gasteiger partial charge in [-0.1, -0.05) is 92.7 Å². The smallest absolute Gasteiger partial charge is 0.407 e. The predicted octanol–water partition coefficient (Wildman–Crippen LogP) is 5.34. The Morgan fingerprint density at radius 1 is 0.818 bits per heavy atom. The molecule has 1 aliphatic carbocycles. The number of hydrogen-bond acceptors (Lipinski definition) is 4. The van der Waals surface area contributed by atoms with Crippen LogP contribution in [0.1, 0.15) is 36.5 Å². The van der Waals surface area contributed by atoms with Gasteiger partial charge in [-0.15, -0.1) is 0 Å². The van der Waals surface area contributed by atoms with Crippen LogP contribution in [0.2, 0.25) is 0 Å². The first-order valence-corrected chi connectivity index (χ1v) is 11.4. The van der Waals surface area contributed by atoms with E-state index in [1.54, 1.807) is 0 Å². The number of amides is 1. The van der Waals surface area contributed by atoms with Crippen LogP contribution in [0.5, 0.6) is 0 Å². The van der Waals surface area contributed by atoms with Crippen LogP contribution in [-0.2, 0) is 20.7 Å². The largest absolute Gasteiger partial charge is 0.464 e. The van der Waals surface area contributed by atoms with Crippen molar-refractivity contribution in [1.29, 1.82) is 0 Å². The molecule has 1 atom stereocenters. The zero-order valence-corrected chi connectivity index (χ0v) is 19.0. The first kappa shape index (κ1) is 22.6. The third-order valence-electron chi connectivity index (χ3n) is 6.02. The van der Waals surface area contributed by atoms with E-state index in [1.807, 2.05) is 68.4 Å². The topological polar surface area (TPSA) is 64.6 Å². The maximum absolute atomic E-state index is 12.6. The second-order valence-corrected chi connectivity index (χ2v) is 8.59. The van der Waals surface area contributed by atoms with Gasteiger partial charge in [0.2, 0.25) is 0 Å². The molecule has 4 rings (SSSR count). The first-order valence-electron chi connectivity index (χ1n) is 11.4. The Hall–Kier alpha value is -3.60. The van der Waals surface area contributed by atoms with Gasteiger partial charge in [-0.3, -0.25) is 0 Å². The van der Waals surface area contributed by atoms with Gasteiger partial charge in [-0.2, -0.15) is 0 Å². The molecule has 0 fully saturated rings. The van der Waals surface area contributed by atoms with E-state index in [4.69, 9.17) is 9.47 Å². The number of hydrogen-bond donors (Lipinski definition) is 1. The second kappa shape index (κ2) is 10.3. The third-order valence-corrected chi connectivity index (χ3v) is 6.02. The van der Waals surface area contributed by atoms with E-state index in [1.165, 1.54) is 11.1 Å². The van der Waals surface area contributed by atoms with Crippen LogP contribution >= 0.6 is 0 Å². The van der Waals surface area contributed by atoms with Gasteiger partial charge in [-0.05, 0) is 33.7 Å². The molecule has 1 amide bonds. The lowest BCUT2D eigenvalue weighted by Gasteiger charge is -2.21. The van der Waals surface area contributed by atoms with E-state index < -0.39 is 18.1 Å². The molecule has 5 nitrogen and oxygen atoms in total. The summed E-state index contributed by atoms with van der Waals surface area (Å²) in [5.41, 5.74) is 5.73. The second-order valence-electron chi connectivity index (χ2n) is 8.59. The summed E-state index contributed by atoms with van der Waals surface area (Å²) in [7, 11) is 0. The lowest BCUT2D eigenvalue weighted by molar-refractivity contribution is -0.147. The van der Waals surface area contributed by atoms with Gasteiger partial charge in [0.1, 0.15) is 12.6 Å². The van der Waals surface area contributed by atoms with Crippen molar-refractivity contribution in [1.82, 2.24) is 5.32 Å². The Labute approximate surface area is 194 Å². The van der Waals surface area contributed by atoms with E-state index in [-0.39, 0.29) is 25.0 Å². The molecule has 1 aliphatic rings. The molecule has 0 saturated carbocycles. The fourth-order valence-electron chi connectivity index (χ4n) is 4.27.